The van der Waals surface area contributed by atoms with E-state index in [2.05, 4.69) is 4.98 Å². The van der Waals surface area contributed by atoms with Crippen molar-refractivity contribution >= 4 is 5.91 Å². The molecule has 20 heavy (non-hydrogen) atoms. The predicted octanol–water partition coefficient (Wildman–Crippen LogP) is 2.79. The van der Waals surface area contributed by atoms with Crippen molar-refractivity contribution in [2.75, 3.05) is 0 Å². The topological polar surface area (TPSA) is 56.0 Å². The largest absolute Gasteiger partial charge is 0.416 e. The minimum absolute atomic E-state index is 0.0567. The molecule has 2 rings (SSSR count). The summed E-state index contributed by atoms with van der Waals surface area (Å²) in [5.41, 5.74) is 4.87. The van der Waals surface area contributed by atoms with Gasteiger partial charge in [-0.05, 0) is 23.8 Å². The summed E-state index contributed by atoms with van der Waals surface area (Å²) >= 11 is 0. The molecule has 0 atom stereocenters. The van der Waals surface area contributed by atoms with Gasteiger partial charge < -0.3 is 5.73 Å². The Bertz CT molecular complexity index is 638. The molecule has 0 radical (unpaired) electrons. The smallest absolute Gasteiger partial charge is 0.366 e. The fourth-order valence-electron chi connectivity index (χ4n) is 1.93. The first-order valence-electron chi connectivity index (χ1n) is 5.78. The number of carbonyl (C=O) groups is 1. The molecule has 2 aromatic rings. The number of amides is 1. The van der Waals surface area contributed by atoms with Gasteiger partial charge in [-0.2, -0.15) is 13.2 Å². The van der Waals surface area contributed by atoms with Crippen LogP contribution in [-0.2, 0) is 12.6 Å². The molecule has 0 aliphatic heterocycles. The second-order valence-electron chi connectivity index (χ2n) is 4.19. The summed E-state index contributed by atoms with van der Waals surface area (Å²) in [6, 6.07) is 8.15. The molecule has 0 spiro atoms. The lowest BCUT2D eigenvalue weighted by Gasteiger charge is -2.13. The number of benzene rings is 1. The Labute approximate surface area is 113 Å². The summed E-state index contributed by atoms with van der Waals surface area (Å²) in [6.45, 7) is 0. The molecular formula is C14H11F3N2O. The molecule has 0 saturated heterocycles. The summed E-state index contributed by atoms with van der Waals surface area (Å²) < 4.78 is 38.7. The van der Waals surface area contributed by atoms with Crippen LogP contribution < -0.4 is 5.73 Å². The van der Waals surface area contributed by atoms with Gasteiger partial charge in [0.25, 0.3) is 5.91 Å². The van der Waals surface area contributed by atoms with Gasteiger partial charge in [0, 0.05) is 12.6 Å². The van der Waals surface area contributed by atoms with E-state index in [1.54, 1.807) is 0 Å². The number of halogens is 3. The highest BCUT2D eigenvalue weighted by atomic mass is 19.4. The average molecular weight is 280 g/mol. The molecule has 1 aromatic heterocycles. The minimum atomic E-state index is -4.45. The number of hydrogen-bond donors (Lipinski definition) is 1. The molecule has 1 heterocycles. The lowest BCUT2D eigenvalue weighted by molar-refractivity contribution is -0.138. The Morgan fingerprint density at radius 3 is 2.50 bits per heavy atom. The maximum atomic E-state index is 12.9. The van der Waals surface area contributed by atoms with Gasteiger partial charge in [0.05, 0.1) is 16.8 Å². The number of hydrogen-bond acceptors (Lipinski definition) is 2. The average Bonchev–Trinajstić information content (AvgIpc) is 2.38. The molecule has 2 N–H and O–H groups in total. The number of primary amides is 1. The number of nitrogens with two attached hydrogens (primary N) is 1. The third kappa shape index (κ3) is 2.96. The zero-order chi connectivity index (χ0) is 14.8. The summed E-state index contributed by atoms with van der Waals surface area (Å²) in [5, 5.41) is 0. The number of carbonyl (C=O) groups excluding carboxylic acids is 1. The second kappa shape index (κ2) is 5.32. The van der Waals surface area contributed by atoms with Crippen molar-refractivity contribution in [3.63, 3.8) is 0 Å². The van der Waals surface area contributed by atoms with Crippen molar-refractivity contribution in [2.45, 2.75) is 12.6 Å². The van der Waals surface area contributed by atoms with Crippen molar-refractivity contribution in [3.8, 4) is 0 Å². The molecule has 0 saturated carbocycles. The van der Waals surface area contributed by atoms with Gasteiger partial charge in [0.1, 0.15) is 0 Å². The molecule has 1 amide bonds. The molecule has 0 aliphatic carbocycles. The van der Waals surface area contributed by atoms with E-state index in [4.69, 9.17) is 5.73 Å². The summed E-state index contributed by atoms with van der Waals surface area (Å²) in [6.07, 6.45) is -3.13. The van der Waals surface area contributed by atoms with Gasteiger partial charge in [-0.3, -0.25) is 9.78 Å². The maximum Gasteiger partial charge on any atom is 0.416 e. The van der Waals surface area contributed by atoms with Crippen molar-refractivity contribution in [1.82, 2.24) is 4.98 Å². The van der Waals surface area contributed by atoms with Crippen LogP contribution in [0.3, 0.4) is 0 Å². The van der Waals surface area contributed by atoms with E-state index in [1.807, 2.05) is 0 Å². The molecule has 6 heteroatoms. The van der Waals surface area contributed by atoms with E-state index in [9.17, 15) is 18.0 Å². The van der Waals surface area contributed by atoms with Crippen LogP contribution in [0, 0.1) is 0 Å². The Hall–Kier alpha value is -2.37. The fraction of sp³-hybridized carbons (Fsp3) is 0.143. The van der Waals surface area contributed by atoms with E-state index >= 15 is 0 Å². The van der Waals surface area contributed by atoms with Crippen LogP contribution in [0.25, 0.3) is 0 Å². The van der Waals surface area contributed by atoms with Gasteiger partial charge in [0.2, 0.25) is 0 Å². The highest BCUT2D eigenvalue weighted by Crippen LogP contribution is 2.32. The number of alkyl halides is 3. The van der Waals surface area contributed by atoms with Crippen LogP contribution in [0.15, 0.2) is 42.6 Å². The third-order valence-electron chi connectivity index (χ3n) is 2.84. The van der Waals surface area contributed by atoms with E-state index in [-0.39, 0.29) is 23.2 Å². The molecule has 0 bridgehead atoms. The highest BCUT2D eigenvalue weighted by Gasteiger charge is 2.33. The quantitative estimate of drug-likeness (QED) is 0.939. The minimum Gasteiger partial charge on any atom is -0.366 e. The summed E-state index contributed by atoms with van der Waals surface area (Å²) in [4.78, 5) is 15.2. The van der Waals surface area contributed by atoms with Crippen LogP contribution in [0.1, 0.15) is 27.2 Å². The Balaban J connectivity index is 2.44. The maximum absolute atomic E-state index is 12.9. The molecule has 0 aliphatic rings. The summed E-state index contributed by atoms with van der Waals surface area (Å²) in [5.74, 6) is -0.711. The zero-order valence-electron chi connectivity index (χ0n) is 10.3. The first-order valence-corrected chi connectivity index (χ1v) is 5.78. The normalized spacial score (nSPS) is 11.3. The van der Waals surface area contributed by atoms with Gasteiger partial charge in [-0.1, -0.05) is 18.2 Å². The number of aromatic nitrogens is 1. The second-order valence-corrected chi connectivity index (χ2v) is 4.19. The van der Waals surface area contributed by atoms with Crippen LogP contribution in [0.5, 0.6) is 0 Å². The first kappa shape index (κ1) is 14.0. The molecule has 104 valence electrons. The van der Waals surface area contributed by atoms with Crippen LogP contribution in [0.2, 0.25) is 0 Å². The molecule has 1 aromatic carbocycles. The van der Waals surface area contributed by atoms with Crippen LogP contribution >= 0.6 is 0 Å². The Morgan fingerprint density at radius 2 is 1.85 bits per heavy atom. The summed E-state index contributed by atoms with van der Waals surface area (Å²) in [7, 11) is 0. The lowest BCUT2D eigenvalue weighted by Crippen LogP contribution is -2.16. The monoisotopic (exact) mass is 280 g/mol. The van der Waals surface area contributed by atoms with Crippen LogP contribution in [0.4, 0.5) is 13.2 Å². The fourth-order valence-corrected chi connectivity index (χ4v) is 1.93. The van der Waals surface area contributed by atoms with Crippen molar-refractivity contribution in [2.24, 2.45) is 5.73 Å². The lowest BCUT2D eigenvalue weighted by atomic mass is 9.99. The van der Waals surface area contributed by atoms with Gasteiger partial charge in [-0.25, -0.2) is 0 Å². The van der Waals surface area contributed by atoms with E-state index in [0.717, 1.165) is 6.07 Å². The standard InChI is InChI=1S/C14H11F3N2O/c15-14(16,17)11-6-2-1-4-9(11)8-12-10(13(18)20)5-3-7-19-12/h1-7H,8H2,(H2,18,20). The van der Waals surface area contributed by atoms with Gasteiger partial charge >= 0.3 is 6.18 Å². The van der Waals surface area contributed by atoms with Gasteiger partial charge in [0.15, 0.2) is 0 Å². The van der Waals surface area contributed by atoms with Crippen molar-refractivity contribution < 1.29 is 18.0 Å². The highest BCUT2D eigenvalue weighted by molar-refractivity contribution is 5.93. The Kier molecular flexibility index (Phi) is 3.74. The SMILES string of the molecule is NC(=O)c1cccnc1Cc1ccccc1C(F)(F)F. The van der Waals surface area contributed by atoms with E-state index in [1.165, 1.54) is 36.5 Å². The predicted molar refractivity (Wildman–Crippen MR) is 67.0 cm³/mol. The molecule has 0 unspecified atom stereocenters. The Morgan fingerprint density at radius 1 is 1.15 bits per heavy atom. The first-order chi connectivity index (χ1) is 9.39. The number of pyridine rings is 1. The molecular weight excluding hydrogens is 269 g/mol. The zero-order valence-corrected chi connectivity index (χ0v) is 10.3. The van der Waals surface area contributed by atoms with Crippen molar-refractivity contribution in [1.29, 1.82) is 0 Å². The van der Waals surface area contributed by atoms with E-state index in [0.29, 0.717) is 0 Å². The van der Waals surface area contributed by atoms with Crippen molar-refractivity contribution in [3.05, 3.63) is 65.0 Å². The van der Waals surface area contributed by atoms with Gasteiger partial charge in [-0.15, -0.1) is 0 Å². The van der Waals surface area contributed by atoms with E-state index < -0.39 is 17.6 Å². The number of nitrogens with zero attached hydrogens (tertiary/aromatic N) is 1. The molecule has 3 nitrogen and oxygen atoms in total. The number of rotatable bonds is 3. The molecule has 0 fully saturated rings. The third-order valence-corrected chi connectivity index (χ3v) is 2.84. The van der Waals surface area contributed by atoms with Crippen LogP contribution in [-0.4, -0.2) is 10.9 Å².